The average molecular weight is 378 g/mol. The second-order valence-corrected chi connectivity index (χ2v) is 6.99. The minimum atomic E-state index is -4.47. The summed E-state index contributed by atoms with van der Waals surface area (Å²) in [7, 11) is 0. The third kappa shape index (κ3) is 4.62. The molecule has 1 amide bonds. The highest BCUT2D eigenvalue weighted by molar-refractivity contribution is 5.80. The van der Waals surface area contributed by atoms with Crippen LogP contribution in [-0.4, -0.2) is 29.6 Å². The number of alkyl halides is 5. The van der Waals surface area contributed by atoms with E-state index in [2.05, 4.69) is 15.0 Å². The highest BCUT2D eigenvalue weighted by Gasteiger charge is 2.47. The molecular formula is C17H19F5N2O2. The molecule has 9 heteroatoms. The molecule has 26 heavy (non-hydrogen) atoms. The molecule has 0 atom stereocenters. The Morgan fingerprint density at radius 3 is 2.46 bits per heavy atom. The molecule has 0 spiro atoms. The van der Waals surface area contributed by atoms with E-state index in [0.29, 0.717) is 18.4 Å². The third-order valence-corrected chi connectivity index (χ3v) is 4.87. The van der Waals surface area contributed by atoms with Crippen LogP contribution in [0.1, 0.15) is 44.1 Å². The molecule has 0 unspecified atom stereocenters. The third-order valence-electron chi connectivity index (χ3n) is 4.87. The second-order valence-electron chi connectivity index (χ2n) is 6.99. The molecule has 2 aliphatic carbocycles. The molecule has 2 aliphatic rings. The number of amides is 1. The molecule has 0 bridgehead atoms. The van der Waals surface area contributed by atoms with Gasteiger partial charge in [0.1, 0.15) is 0 Å². The molecule has 1 heterocycles. The molecule has 4 nitrogen and oxygen atoms in total. The quantitative estimate of drug-likeness (QED) is 0.790. The monoisotopic (exact) mass is 378 g/mol. The van der Waals surface area contributed by atoms with Crippen LogP contribution in [0.3, 0.4) is 0 Å². The van der Waals surface area contributed by atoms with Gasteiger partial charge < -0.3 is 10.1 Å². The first-order chi connectivity index (χ1) is 12.1. The van der Waals surface area contributed by atoms with E-state index in [1.54, 1.807) is 6.07 Å². The van der Waals surface area contributed by atoms with E-state index in [1.165, 1.54) is 12.3 Å². The normalized spacial score (nSPS) is 21.9. The Labute approximate surface area is 147 Å². The fraction of sp³-hybridized carbons (Fsp3) is 0.647. The van der Waals surface area contributed by atoms with E-state index in [0.717, 1.165) is 0 Å². The van der Waals surface area contributed by atoms with Crippen LogP contribution in [0.2, 0.25) is 0 Å². The lowest BCUT2D eigenvalue weighted by atomic mass is 9.86. The Morgan fingerprint density at radius 2 is 1.88 bits per heavy atom. The van der Waals surface area contributed by atoms with Gasteiger partial charge in [0.15, 0.2) is 6.61 Å². The number of hydrogen-bond donors (Lipinski definition) is 1. The molecule has 0 aromatic carbocycles. The number of halogens is 5. The molecular weight excluding hydrogens is 359 g/mol. The minimum Gasteiger partial charge on any atom is -0.468 e. The zero-order valence-corrected chi connectivity index (χ0v) is 13.9. The van der Waals surface area contributed by atoms with Crippen molar-refractivity contribution >= 4 is 5.91 Å². The number of rotatable bonds is 5. The second kappa shape index (κ2) is 6.66. The van der Waals surface area contributed by atoms with Gasteiger partial charge >= 0.3 is 6.18 Å². The van der Waals surface area contributed by atoms with Crippen LogP contribution in [-0.2, 0) is 10.3 Å². The minimum absolute atomic E-state index is 0.130. The Bertz CT molecular complexity index is 663. The number of nitrogens with zero attached hydrogens (tertiary/aromatic N) is 1. The highest BCUT2D eigenvalue weighted by atomic mass is 19.4. The van der Waals surface area contributed by atoms with Gasteiger partial charge in [-0.05, 0) is 37.3 Å². The number of carbonyl (C=O) groups is 1. The van der Waals surface area contributed by atoms with Gasteiger partial charge in [-0.25, -0.2) is 13.8 Å². The van der Waals surface area contributed by atoms with Gasteiger partial charge in [-0.2, -0.15) is 13.2 Å². The Kier molecular flexibility index (Phi) is 4.83. The Morgan fingerprint density at radius 1 is 1.23 bits per heavy atom. The SMILES string of the molecule is O=C(NC1(c2ccnc(OCC(F)(F)F)c2)CC1)C1CCC(F)(F)CC1. The largest absolute Gasteiger partial charge is 0.468 e. The summed E-state index contributed by atoms with van der Waals surface area (Å²) < 4.78 is 67.9. The van der Waals surface area contributed by atoms with Crippen LogP contribution in [0.5, 0.6) is 5.88 Å². The van der Waals surface area contributed by atoms with E-state index >= 15 is 0 Å². The number of ether oxygens (including phenoxy) is 1. The van der Waals surface area contributed by atoms with Crippen LogP contribution in [0, 0.1) is 5.92 Å². The number of aromatic nitrogens is 1. The summed E-state index contributed by atoms with van der Waals surface area (Å²) in [5.74, 6) is -3.62. The molecule has 2 saturated carbocycles. The van der Waals surface area contributed by atoms with Gasteiger partial charge in [0.25, 0.3) is 0 Å². The van der Waals surface area contributed by atoms with Crippen molar-refractivity contribution in [1.82, 2.24) is 10.3 Å². The fourth-order valence-electron chi connectivity index (χ4n) is 3.19. The lowest BCUT2D eigenvalue weighted by Crippen LogP contribution is -2.41. The van der Waals surface area contributed by atoms with Crippen molar-refractivity contribution in [3.63, 3.8) is 0 Å². The summed E-state index contributed by atoms with van der Waals surface area (Å²) in [5.41, 5.74) is -0.0600. The summed E-state index contributed by atoms with van der Waals surface area (Å²) in [6.07, 6.45) is -2.22. The summed E-state index contributed by atoms with van der Waals surface area (Å²) in [6, 6.07) is 3.00. The molecule has 2 fully saturated rings. The summed E-state index contributed by atoms with van der Waals surface area (Å²) >= 11 is 0. The lowest BCUT2D eigenvalue weighted by Gasteiger charge is -2.29. The van der Waals surface area contributed by atoms with Crippen LogP contribution in [0.15, 0.2) is 18.3 Å². The zero-order valence-electron chi connectivity index (χ0n) is 13.9. The van der Waals surface area contributed by atoms with E-state index < -0.39 is 30.2 Å². The number of carbonyl (C=O) groups excluding carboxylic acids is 1. The predicted octanol–water partition coefficient (Wildman–Crippen LogP) is 3.95. The first-order valence-corrected chi connectivity index (χ1v) is 8.45. The lowest BCUT2D eigenvalue weighted by molar-refractivity contribution is -0.154. The van der Waals surface area contributed by atoms with Crippen molar-refractivity contribution in [3.05, 3.63) is 23.9 Å². The van der Waals surface area contributed by atoms with Gasteiger partial charge in [0.2, 0.25) is 17.7 Å². The van der Waals surface area contributed by atoms with Crippen molar-refractivity contribution in [2.24, 2.45) is 5.92 Å². The van der Waals surface area contributed by atoms with Gasteiger partial charge in [0.05, 0.1) is 5.54 Å². The first kappa shape index (κ1) is 18.8. The smallest absolute Gasteiger partial charge is 0.422 e. The van der Waals surface area contributed by atoms with Crippen molar-refractivity contribution in [3.8, 4) is 5.88 Å². The van der Waals surface area contributed by atoms with Crippen molar-refractivity contribution in [2.45, 2.75) is 56.2 Å². The Hall–Kier alpha value is -1.93. The van der Waals surface area contributed by atoms with Gasteiger partial charge in [-0.3, -0.25) is 4.79 Å². The van der Waals surface area contributed by atoms with E-state index in [1.807, 2.05) is 0 Å². The fourth-order valence-corrected chi connectivity index (χ4v) is 3.19. The van der Waals surface area contributed by atoms with E-state index in [4.69, 9.17) is 0 Å². The van der Waals surface area contributed by atoms with Gasteiger partial charge in [0, 0.05) is 31.0 Å². The highest BCUT2D eigenvalue weighted by Crippen LogP contribution is 2.47. The number of hydrogen-bond acceptors (Lipinski definition) is 3. The van der Waals surface area contributed by atoms with E-state index in [-0.39, 0.29) is 37.5 Å². The van der Waals surface area contributed by atoms with Crippen LogP contribution in [0.25, 0.3) is 0 Å². The molecule has 1 N–H and O–H groups in total. The van der Waals surface area contributed by atoms with Crippen molar-refractivity contribution < 1.29 is 31.5 Å². The first-order valence-electron chi connectivity index (χ1n) is 8.45. The summed E-state index contributed by atoms with van der Waals surface area (Å²) in [6.45, 7) is -1.45. The molecule has 0 saturated heterocycles. The molecule has 0 aliphatic heterocycles. The van der Waals surface area contributed by atoms with Crippen LogP contribution in [0.4, 0.5) is 22.0 Å². The van der Waals surface area contributed by atoms with Crippen LogP contribution >= 0.6 is 0 Å². The van der Waals surface area contributed by atoms with Gasteiger partial charge in [-0.15, -0.1) is 0 Å². The molecule has 1 aromatic rings. The average Bonchev–Trinajstić information content (AvgIpc) is 3.33. The summed E-state index contributed by atoms with van der Waals surface area (Å²) in [5, 5.41) is 2.89. The zero-order chi connectivity index (χ0) is 19.0. The molecule has 3 rings (SSSR count). The standard InChI is InChI=1S/C17H19F5N2O2/c18-16(19)4-1-11(2-5-16)14(25)24-15(6-7-15)12-3-8-23-13(9-12)26-10-17(20,21)22/h3,8-9,11H,1-2,4-7,10H2,(H,24,25). The van der Waals surface area contributed by atoms with Crippen molar-refractivity contribution in [1.29, 1.82) is 0 Å². The molecule has 0 radical (unpaired) electrons. The summed E-state index contributed by atoms with van der Waals surface area (Å²) in [4.78, 5) is 16.2. The van der Waals surface area contributed by atoms with E-state index in [9.17, 15) is 26.7 Å². The van der Waals surface area contributed by atoms with Crippen molar-refractivity contribution in [2.75, 3.05) is 6.61 Å². The maximum Gasteiger partial charge on any atom is 0.422 e. The molecule has 144 valence electrons. The Balaban J connectivity index is 1.63. The molecule has 1 aromatic heterocycles. The number of pyridine rings is 1. The number of nitrogens with one attached hydrogen (secondary N) is 1. The maximum absolute atomic E-state index is 13.2. The van der Waals surface area contributed by atoms with Crippen LogP contribution < -0.4 is 10.1 Å². The topological polar surface area (TPSA) is 51.2 Å². The predicted molar refractivity (Wildman–Crippen MR) is 81.7 cm³/mol. The van der Waals surface area contributed by atoms with Gasteiger partial charge in [-0.1, -0.05) is 0 Å². The maximum atomic E-state index is 13.2.